The fraction of sp³-hybridized carbons (Fsp3) is 0.130. The molecule has 3 aromatic rings. The molecule has 7 nitrogen and oxygen atoms in total. The number of amides is 1. The van der Waals surface area contributed by atoms with Gasteiger partial charge in [0.1, 0.15) is 0 Å². The van der Waals surface area contributed by atoms with Gasteiger partial charge in [-0.1, -0.05) is 48.0 Å². The fourth-order valence-corrected chi connectivity index (χ4v) is 3.00. The van der Waals surface area contributed by atoms with Gasteiger partial charge in [-0.15, -0.1) is 0 Å². The minimum atomic E-state index is -0.752. The number of methoxy groups -OCH3 is 1. The van der Waals surface area contributed by atoms with Gasteiger partial charge in [-0.05, 0) is 30.7 Å². The van der Waals surface area contributed by atoms with Crippen molar-refractivity contribution in [3.05, 3.63) is 105 Å². The second-order valence-corrected chi connectivity index (χ2v) is 6.73. The number of carbonyl (C=O) groups is 2. The number of nitro groups is 1. The second-order valence-electron chi connectivity index (χ2n) is 6.73. The van der Waals surface area contributed by atoms with Crippen molar-refractivity contribution >= 4 is 23.3 Å². The Morgan fingerprint density at radius 3 is 2.20 bits per heavy atom. The van der Waals surface area contributed by atoms with Crippen LogP contribution in [0.15, 0.2) is 72.8 Å². The van der Waals surface area contributed by atoms with Gasteiger partial charge in [0.05, 0.1) is 24.1 Å². The van der Waals surface area contributed by atoms with Gasteiger partial charge in [-0.3, -0.25) is 14.9 Å². The van der Waals surface area contributed by atoms with E-state index in [9.17, 15) is 19.7 Å². The minimum absolute atomic E-state index is 0.0288. The van der Waals surface area contributed by atoms with Crippen molar-refractivity contribution in [3.8, 4) is 0 Å². The zero-order chi connectivity index (χ0) is 21.7. The Bertz CT molecular complexity index is 1080. The topological polar surface area (TPSA) is 89.8 Å². The molecule has 0 aliphatic heterocycles. The molecule has 152 valence electrons. The molecule has 1 amide bonds. The van der Waals surface area contributed by atoms with Crippen molar-refractivity contribution in [1.82, 2.24) is 0 Å². The van der Waals surface area contributed by atoms with Crippen molar-refractivity contribution in [3.63, 3.8) is 0 Å². The van der Waals surface area contributed by atoms with Crippen LogP contribution < -0.4 is 4.90 Å². The Kier molecular flexibility index (Phi) is 6.22. The number of benzene rings is 3. The maximum Gasteiger partial charge on any atom is 0.338 e. The average Bonchev–Trinajstić information content (AvgIpc) is 2.77. The minimum Gasteiger partial charge on any atom is -0.465 e. The van der Waals surface area contributed by atoms with Crippen LogP contribution in [0.25, 0.3) is 0 Å². The lowest BCUT2D eigenvalue weighted by molar-refractivity contribution is -0.384. The van der Waals surface area contributed by atoms with Crippen LogP contribution in [0.5, 0.6) is 0 Å². The summed E-state index contributed by atoms with van der Waals surface area (Å²) in [6.07, 6.45) is 0. The maximum absolute atomic E-state index is 13.4. The molecule has 0 atom stereocenters. The van der Waals surface area contributed by atoms with Gasteiger partial charge >= 0.3 is 5.97 Å². The molecular weight excluding hydrogens is 384 g/mol. The highest BCUT2D eigenvalue weighted by molar-refractivity contribution is 6.07. The molecule has 0 aromatic heterocycles. The van der Waals surface area contributed by atoms with Crippen molar-refractivity contribution in [2.24, 2.45) is 0 Å². The zero-order valence-corrected chi connectivity index (χ0v) is 16.6. The molecule has 3 rings (SSSR count). The van der Waals surface area contributed by atoms with Crippen LogP contribution in [0, 0.1) is 17.0 Å². The van der Waals surface area contributed by atoms with E-state index in [4.69, 9.17) is 0 Å². The first-order chi connectivity index (χ1) is 14.4. The first-order valence-corrected chi connectivity index (χ1v) is 9.19. The number of hydrogen-bond acceptors (Lipinski definition) is 5. The predicted octanol–water partition coefficient (Wildman–Crippen LogP) is 4.54. The van der Waals surface area contributed by atoms with Gasteiger partial charge in [0.25, 0.3) is 11.6 Å². The highest BCUT2D eigenvalue weighted by Gasteiger charge is 2.23. The lowest BCUT2D eigenvalue weighted by Crippen LogP contribution is -2.30. The molecule has 0 radical (unpaired) electrons. The molecule has 0 spiro atoms. The lowest BCUT2D eigenvalue weighted by atomic mass is 10.1. The number of ether oxygens (including phenoxy) is 1. The molecule has 0 fully saturated rings. The van der Waals surface area contributed by atoms with Crippen molar-refractivity contribution in [2.45, 2.75) is 13.5 Å². The summed E-state index contributed by atoms with van der Waals surface area (Å²) in [7, 11) is 1.18. The van der Waals surface area contributed by atoms with Crippen LogP contribution in [-0.4, -0.2) is 23.9 Å². The lowest BCUT2D eigenvalue weighted by Gasteiger charge is -2.23. The smallest absolute Gasteiger partial charge is 0.338 e. The molecule has 30 heavy (non-hydrogen) atoms. The van der Waals surface area contributed by atoms with Gasteiger partial charge in [0, 0.05) is 23.4 Å². The number of nitro benzene ring substituents is 1. The van der Waals surface area contributed by atoms with E-state index < -0.39 is 16.8 Å². The monoisotopic (exact) mass is 404 g/mol. The van der Waals surface area contributed by atoms with Gasteiger partial charge in [-0.25, -0.2) is 4.79 Å². The molecule has 0 unspecified atom stereocenters. The van der Waals surface area contributed by atoms with Crippen molar-refractivity contribution in [1.29, 1.82) is 0 Å². The summed E-state index contributed by atoms with van der Waals surface area (Å²) in [5, 5.41) is 11.3. The second kappa shape index (κ2) is 9.00. The fourth-order valence-electron chi connectivity index (χ4n) is 3.00. The number of rotatable bonds is 6. The molecule has 0 heterocycles. The van der Waals surface area contributed by atoms with Crippen molar-refractivity contribution in [2.75, 3.05) is 12.0 Å². The largest absolute Gasteiger partial charge is 0.465 e. The molecule has 0 saturated carbocycles. The first kappa shape index (κ1) is 20.7. The van der Waals surface area contributed by atoms with E-state index in [1.807, 2.05) is 61.5 Å². The third kappa shape index (κ3) is 4.70. The molecular formula is C23H20N2O5. The average molecular weight is 404 g/mol. The number of non-ortho nitro benzene ring substituents is 1. The van der Waals surface area contributed by atoms with Gasteiger partial charge in [0.15, 0.2) is 0 Å². The molecule has 7 heteroatoms. The normalized spacial score (nSPS) is 10.3. The van der Waals surface area contributed by atoms with E-state index in [1.54, 1.807) is 0 Å². The number of nitrogens with zero attached hydrogens (tertiary/aromatic N) is 2. The van der Waals surface area contributed by atoms with Crippen LogP contribution in [0.1, 0.15) is 31.8 Å². The molecule has 0 aliphatic rings. The Balaban J connectivity index is 2.07. The first-order valence-electron chi connectivity index (χ1n) is 9.19. The van der Waals surface area contributed by atoms with Crippen LogP contribution in [0.2, 0.25) is 0 Å². The number of aryl methyl sites for hydroxylation is 1. The third-order valence-electron chi connectivity index (χ3n) is 4.57. The predicted molar refractivity (Wildman–Crippen MR) is 113 cm³/mol. The van der Waals surface area contributed by atoms with E-state index in [0.717, 1.165) is 17.2 Å². The Hall–Kier alpha value is -4.00. The van der Waals surface area contributed by atoms with Gasteiger partial charge < -0.3 is 9.64 Å². The standard InChI is InChI=1S/C23H20N2O5/c1-16-8-10-20(11-9-16)24(15-17-6-4-3-5-7-17)22(26)18-12-19(23(27)30-2)14-21(13-18)25(28)29/h3-14H,15H2,1-2H3. The highest BCUT2D eigenvalue weighted by Crippen LogP contribution is 2.24. The Morgan fingerprint density at radius 2 is 1.60 bits per heavy atom. The van der Waals surface area contributed by atoms with Gasteiger partial charge in [-0.2, -0.15) is 0 Å². The molecule has 0 N–H and O–H groups in total. The van der Waals surface area contributed by atoms with Crippen LogP contribution in [0.4, 0.5) is 11.4 Å². The Morgan fingerprint density at radius 1 is 0.967 bits per heavy atom. The molecule has 0 aliphatic carbocycles. The molecule has 3 aromatic carbocycles. The third-order valence-corrected chi connectivity index (χ3v) is 4.57. The van der Waals surface area contributed by atoms with Gasteiger partial charge in [0.2, 0.25) is 0 Å². The summed E-state index contributed by atoms with van der Waals surface area (Å²) in [4.78, 5) is 37.6. The molecule has 0 saturated heterocycles. The summed E-state index contributed by atoms with van der Waals surface area (Å²) in [6.45, 7) is 2.20. The van der Waals surface area contributed by atoms with E-state index in [2.05, 4.69) is 4.74 Å². The van der Waals surface area contributed by atoms with E-state index in [0.29, 0.717) is 5.69 Å². The maximum atomic E-state index is 13.4. The summed E-state index contributed by atoms with van der Waals surface area (Å²) < 4.78 is 4.67. The SMILES string of the molecule is COC(=O)c1cc(C(=O)N(Cc2ccccc2)c2ccc(C)cc2)cc([N+](=O)[O-])c1. The number of carbonyl (C=O) groups excluding carboxylic acids is 2. The number of anilines is 1. The quantitative estimate of drug-likeness (QED) is 0.342. The summed E-state index contributed by atoms with van der Waals surface area (Å²) in [5.41, 5.74) is 2.18. The van der Waals surface area contributed by atoms with Crippen LogP contribution in [-0.2, 0) is 11.3 Å². The van der Waals surface area contributed by atoms with Crippen molar-refractivity contribution < 1.29 is 19.2 Å². The van der Waals surface area contributed by atoms with Crippen LogP contribution in [0.3, 0.4) is 0 Å². The summed E-state index contributed by atoms with van der Waals surface area (Å²) in [5.74, 6) is -1.21. The summed E-state index contributed by atoms with van der Waals surface area (Å²) in [6, 6.07) is 20.4. The number of hydrogen-bond donors (Lipinski definition) is 0. The highest BCUT2D eigenvalue weighted by atomic mass is 16.6. The Labute approximate surface area is 173 Å². The van der Waals surface area contributed by atoms with E-state index in [-0.39, 0.29) is 23.4 Å². The van der Waals surface area contributed by atoms with Crippen LogP contribution >= 0.6 is 0 Å². The summed E-state index contributed by atoms with van der Waals surface area (Å²) >= 11 is 0. The molecule has 0 bridgehead atoms. The zero-order valence-electron chi connectivity index (χ0n) is 16.6. The number of esters is 1. The van der Waals surface area contributed by atoms with E-state index >= 15 is 0 Å². The van der Waals surface area contributed by atoms with E-state index in [1.165, 1.54) is 24.1 Å².